The average molecular weight is 585 g/mol. The Morgan fingerprint density at radius 2 is 1.35 bits per heavy atom. The van der Waals surface area contributed by atoms with Crippen LogP contribution in [0.1, 0.15) is 118 Å². The van der Waals surface area contributed by atoms with Crippen LogP contribution in [0.4, 0.5) is 11.4 Å². The molecule has 0 atom stereocenters. The minimum atomic E-state index is 0.114. The van der Waals surface area contributed by atoms with Gasteiger partial charge in [-0.05, 0) is 75.1 Å². The molecule has 6 heteroatoms. The van der Waals surface area contributed by atoms with Crippen molar-refractivity contribution in [3.8, 4) is 5.75 Å². The molecule has 4 rings (SSSR count). The fourth-order valence-corrected chi connectivity index (χ4v) is 7.07. The van der Waals surface area contributed by atoms with Crippen molar-refractivity contribution in [3.05, 3.63) is 54.1 Å². The van der Waals surface area contributed by atoms with Gasteiger partial charge in [0.2, 0.25) is 12.7 Å². The molecule has 2 aliphatic carbocycles. The Hall–Kier alpha value is -2.76. The molecule has 2 saturated carbocycles. The molecular formula is C37H57BN4O. The van der Waals surface area contributed by atoms with Crippen LogP contribution in [0.3, 0.4) is 0 Å². The summed E-state index contributed by atoms with van der Waals surface area (Å²) in [5, 5.41) is 3.79. The molecule has 2 aromatic carbocycles. The Morgan fingerprint density at radius 3 is 1.79 bits per heavy atom. The zero-order valence-electron chi connectivity index (χ0n) is 28.3. The van der Waals surface area contributed by atoms with Crippen molar-refractivity contribution >= 4 is 29.8 Å². The molecule has 0 bridgehead atoms. The minimum absolute atomic E-state index is 0.114. The molecule has 1 N–H and O–H groups in total. The van der Waals surface area contributed by atoms with Gasteiger partial charge in [0, 0.05) is 17.8 Å². The number of aliphatic imine (C=N–C) groups is 2. The standard InChI is InChI=1S/C37H57BN4O/c1-27(2)39-36(41-33-21-19-29(20-22-33)37(5,6)7)42(28(3)4)35(40-32-23-25-34(43-8)26-24-32)38(30-15-11-9-12-16-30)31-17-13-10-14-18-31/h19-28,30-31H,9-18H2,1-8H3,(H,39,41). The van der Waals surface area contributed by atoms with Gasteiger partial charge in [-0.2, -0.15) is 0 Å². The first kappa shape index (κ1) is 33.1. The first-order valence-corrected chi connectivity index (χ1v) is 17.0. The highest BCUT2D eigenvalue weighted by molar-refractivity contribution is 6.93. The van der Waals surface area contributed by atoms with E-state index in [9.17, 15) is 0 Å². The number of methoxy groups -OCH3 is 1. The predicted octanol–water partition coefficient (Wildman–Crippen LogP) is 10.3. The lowest BCUT2D eigenvalue weighted by Gasteiger charge is -2.42. The molecule has 234 valence electrons. The highest BCUT2D eigenvalue weighted by Gasteiger charge is 2.42. The normalized spacial score (nSPS) is 17.8. The Kier molecular flexibility index (Phi) is 11.8. The third-order valence-corrected chi connectivity index (χ3v) is 9.31. The Balaban J connectivity index is 1.84. The molecule has 0 spiro atoms. The van der Waals surface area contributed by atoms with E-state index in [-0.39, 0.29) is 17.5 Å². The summed E-state index contributed by atoms with van der Waals surface area (Å²) in [5.41, 5.74) is 4.68. The van der Waals surface area contributed by atoms with Crippen LogP contribution in [0, 0.1) is 0 Å². The lowest BCUT2D eigenvalue weighted by Crippen LogP contribution is -2.54. The van der Waals surface area contributed by atoms with Crippen molar-refractivity contribution < 1.29 is 4.74 Å². The summed E-state index contributed by atoms with van der Waals surface area (Å²) >= 11 is 0. The van der Waals surface area contributed by atoms with E-state index in [2.05, 4.69) is 95.1 Å². The van der Waals surface area contributed by atoms with E-state index in [1.807, 2.05) is 12.1 Å². The van der Waals surface area contributed by atoms with Gasteiger partial charge in [0.25, 0.3) is 0 Å². The van der Waals surface area contributed by atoms with Crippen LogP contribution in [0.15, 0.2) is 58.5 Å². The molecule has 0 saturated heterocycles. The van der Waals surface area contributed by atoms with E-state index in [0.29, 0.717) is 18.3 Å². The number of benzene rings is 2. The summed E-state index contributed by atoms with van der Waals surface area (Å²) in [6.07, 6.45) is 13.2. The van der Waals surface area contributed by atoms with E-state index in [0.717, 1.165) is 23.1 Å². The van der Waals surface area contributed by atoms with E-state index >= 15 is 0 Å². The van der Waals surface area contributed by atoms with Gasteiger partial charge >= 0.3 is 0 Å². The van der Waals surface area contributed by atoms with Crippen molar-refractivity contribution in [1.82, 2.24) is 4.90 Å². The van der Waals surface area contributed by atoms with E-state index in [1.54, 1.807) is 7.11 Å². The molecule has 0 amide bonds. The van der Waals surface area contributed by atoms with E-state index in [1.165, 1.54) is 75.5 Å². The largest absolute Gasteiger partial charge is 0.497 e. The molecule has 2 fully saturated rings. The van der Waals surface area contributed by atoms with Gasteiger partial charge in [0.15, 0.2) is 0 Å². The predicted molar refractivity (Wildman–Crippen MR) is 188 cm³/mol. The quantitative estimate of drug-likeness (QED) is 0.191. The number of hydrogen-bond donors (Lipinski definition) is 1. The van der Waals surface area contributed by atoms with Crippen molar-refractivity contribution in [3.63, 3.8) is 0 Å². The summed E-state index contributed by atoms with van der Waals surface area (Å²) in [6, 6.07) is 17.5. The van der Waals surface area contributed by atoms with Crippen LogP contribution in [-0.4, -0.2) is 42.5 Å². The Bertz CT molecular complexity index is 1170. The molecule has 0 unspecified atom stereocenters. The van der Waals surface area contributed by atoms with Crippen molar-refractivity contribution in [2.45, 2.75) is 142 Å². The third kappa shape index (κ3) is 9.12. The van der Waals surface area contributed by atoms with Crippen LogP contribution in [0.5, 0.6) is 5.75 Å². The smallest absolute Gasteiger partial charge is 0.229 e. The molecule has 0 heterocycles. The molecule has 0 aliphatic heterocycles. The lowest BCUT2D eigenvalue weighted by molar-refractivity contribution is 0.415. The molecule has 43 heavy (non-hydrogen) atoms. The topological polar surface area (TPSA) is 49.2 Å². The molecule has 2 aliphatic rings. The van der Waals surface area contributed by atoms with Gasteiger partial charge in [-0.3, -0.25) is 0 Å². The summed E-state index contributed by atoms with van der Waals surface area (Å²) < 4.78 is 5.49. The molecule has 2 aromatic rings. The van der Waals surface area contributed by atoms with E-state index < -0.39 is 0 Å². The lowest BCUT2D eigenvalue weighted by atomic mass is 9.29. The second-order valence-corrected chi connectivity index (χ2v) is 14.5. The van der Waals surface area contributed by atoms with Gasteiger partial charge in [-0.15, -0.1) is 0 Å². The first-order chi connectivity index (χ1) is 20.6. The number of ether oxygens (including phenoxy) is 1. The summed E-state index contributed by atoms with van der Waals surface area (Å²) in [6.45, 7) is 16.1. The number of guanidine groups is 1. The fraction of sp³-hybridized carbons (Fsp3) is 0.622. The average Bonchev–Trinajstić information content (AvgIpc) is 2.98. The van der Waals surface area contributed by atoms with Gasteiger partial charge < -0.3 is 15.0 Å². The fourth-order valence-electron chi connectivity index (χ4n) is 7.07. The van der Waals surface area contributed by atoms with Gasteiger partial charge in [-0.25, -0.2) is 9.98 Å². The Labute approximate surface area is 263 Å². The summed E-state index contributed by atoms with van der Waals surface area (Å²) in [5.74, 6) is 3.07. The number of nitrogens with one attached hydrogen (secondary N) is 1. The number of anilines is 1. The molecular weight excluding hydrogens is 527 g/mol. The van der Waals surface area contributed by atoms with Crippen molar-refractivity contribution in [2.24, 2.45) is 9.98 Å². The third-order valence-electron chi connectivity index (χ3n) is 9.31. The second-order valence-electron chi connectivity index (χ2n) is 14.5. The van der Waals surface area contributed by atoms with Crippen LogP contribution in [0.25, 0.3) is 0 Å². The molecule has 5 nitrogen and oxygen atoms in total. The van der Waals surface area contributed by atoms with Crippen LogP contribution >= 0.6 is 0 Å². The van der Waals surface area contributed by atoms with Crippen LogP contribution in [-0.2, 0) is 5.41 Å². The zero-order chi connectivity index (χ0) is 31.0. The number of hydrogen-bond acceptors (Lipinski definition) is 3. The maximum atomic E-state index is 5.59. The van der Waals surface area contributed by atoms with Crippen LogP contribution in [0.2, 0.25) is 11.6 Å². The summed E-state index contributed by atoms with van der Waals surface area (Å²) in [4.78, 5) is 13.3. The number of rotatable bonds is 8. The maximum absolute atomic E-state index is 5.59. The van der Waals surface area contributed by atoms with E-state index in [4.69, 9.17) is 14.7 Å². The SMILES string of the molecule is COc1ccc(N=C(B(C2CCCCC2)C2CCCCC2)N(C(=NC(C)C)Nc2ccc(C(C)(C)C)cc2)C(C)C)cc1. The Morgan fingerprint density at radius 1 is 0.814 bits per heavy atom. The summed E-state index contributed by atoms with van der Waals surface area (Å²) in [7, 11) is 1.72. The molecule has 0 radical (unpaired) electrons. The molecule has 0 aromatic heterocycles. The maximum Gasteiger partial charge on any atom is 0.229 e. The first-order valence-electron chi connectivity index (χ1n) is 17.0. The monoisotopic (exact) mass is 584 g/mol. The number of nitrogens with zero attached hydrogens (tertiary/aromatic N) is 3. The van der Waals surface area contributed by atoms with Gasteiger partial charge in [0.1, 0.15) is 5.75 Å². The van der Waals surface area contributed by atoms with Crippen LogP contribution < -0.4 is 10.1 Å². The van der Waals surface area contributed by atoms with Gasteiger partial charge in [0.05, 0.1) is 18.5 Å². The zero-order valence-corrected chi connectivity index (χ0v) is 28.3. The highest BCUT2D eigenvalue weighted by Crippen LogP contribution is 2.43. The van der Waals surface area contributed by atoms with Crippen molar-refractivity contribution in [1.29, 1.82) is 0 Å². The van der Waals surface area contributed by atoms with Gasteiger partial charge in [-0.1, -0.05) is 109 Å². The minimum Gasteiger partial charge on any atom is -0.497 e. The highest BCUT2D eigenvalue weighted by atomic mass is 16.5. The second kappa shape index (κ2) is 15.3. The van der Waals surface area contributed by atoms with Crippen molar-refractivity contribution in [2.75, 3.05) is 12.4 Å². The number of amidine groups is 1.